The molecule has 0 atom stereocenters. The Kier molecular flexibility index (Phi) is 5.20. The van der Waals surface area contributed by atoms with Crippen molar-refractivity contribution in [2.45, 2.75) is 0 Å². The average Bonchev–Trinajstić information content (AvgIpc) is 3.46. The summed E-state index contributed by atoms with van der Waals surface area (Å²) in [5, 5.41) is 8.36. The van der Waals surface area contributed by atoms with Crippen molar-refractivity contribution in [3.8, 4) is 33.5 Å². The van der Waals surface area contributed by atoms with E-state index in [9.17, 15) is 0 Å². The van der Waals surface area contributed by atoms with Crippen LogP contribution in [0.2, 0.25) is 0 Å². The van der Waals surface area contributed by atoms with Crippen LogP contribution in [0, 0.1) is 0 Å². The zero-order valence-electron chi connectivity index (χ0n) is 23.2. The minimum absolute atomic E-state index is 0.555. The number of aromatic nitrogens is 2. The minimum Gasteiger partial charge on any atom is -0.436 e. The molecule has 0 saturated carbocycles. The summed E-state index contributed by atoms with van der Waals surface area (Å²) in [5.41, 5.74) is 8.65. The van der Waals surface area contributed by atoms with Gasteiger partial charge in [-0.25, -0.2) is 9.97 Å². The van der Waals surface area contributed by atoms with E-state index < -0.39 is 0 Å². The number of hydrogen-bond acceptors (Lipinski definition) is 3. The SMILES string of the molecule is c1cc(-c2cccc(-c3cc4ccccc4c4ccccc34)c2)cc(-c2cnc3c(n2)oc2ccc4ccccc4c23)c1. The van der Waals surface area contributed by atoms with Gasteiger partial charge >= 0.3 is 0 Å². The summed E-state index contributed by atoms with van der Waals surface area (Å²) in [4.78, 5) is 9.77. The van der Waals surface area contributed by atoms with Crippen molar-refractivity contribution < 1.29 is 4.42 Å². The maximum absolute atomic E-state index is 6.19. The molecule has 7 aromatic carbocycles. The Morgan fingerprint density at radius 2 is 1.12 bits per heavy atom. The molecule has 0 fully saturated rings. The lowest BCUT2D eigenvalue weighted by Crippen LogP contribution is -1.88. The van der Waals surface area contributed by atoms with Gasteiger partial charge in [-0.1, -0.05) is 115 Å². The van der Waals surface area contributed by atoms with Crippen molar-refractivity contribution in [2.24, 2.45) is 0 Å². The van der Waals surface area contributed by atoms with Gasteiger partial charge in [0.25, 0.3) is 0 Å². The minimum atomic E-state index is 0.555. The van der Waals surface area contributed by atoms with Crippen molar-refractivity contribution in [1.29, 1.82) is 0 Å². The van der Waals surface area contributed by atoms with Gasteiger partial charge in [0.15, 0.2) is 0 Å². The molecule has 43 heavy (non-hydrogen) atoms. The molecule has 2 aromatic heterocycles. The Morgan fingerprint density at radius 3 is 1.95 bits per heavy atom. The van der Waals surface area contributed by atoms with Gasteiger partial charge in [-0.15, -0.1) is 0 Å². The summed E-state index contributed by atoms with van der Waals surface area (Å²) in [6.45, 7) is 0. The lowest BCUT2D eigenvalue weighted by Gasteiger charge is -2.12. The largest absolute Gasteiger partial charge is 0.436 e. The van der Waals surface area contributed by atoms with E-state index in [1.54, 1.807) is 0 Å². The molecule has 200 valence electrons. The van der Waals surface area contributed by atoms with Crippen molar-refractivity contribution in [3.63, 3.8) is 0 Å². The third-order valence-electron chi connectivity index (χ3n) is 8.51. The van der Waals surface area contributed by atoms with E-state index in [4.69, 9.17) is 14.4 Å². The molecule has 0 radical (unpaired) electrons. The molecule has 0 N–H and O–H groups in total. The fourth-order valence-corrected chi connectivity index (χ4v) is 6.46. The molecule has 0 aliphatic carbocycles. The quantitative estimate of drug-likeness (QED) is 0.206. The van der Waals surface area contributed by atoms with Crippen molar-refractivity contribution in [1.82, 2.24) is 9.97 Å². The molecule has 0 aliphatic heterocycles. The normalized spacial score (nSPS) is 11.7. The van der Waals surface area contributed by atoms with Gasteiger partial charge in [0.05, 0.1) is 17.3 Å². The van der Waals surface area contributed by atoms with E-state index in [1.807, 2.05) is 24.4 Å². The van der Waals surface area contributed by atoms with Crippen LogP contribution in [0.4, 0.5) is 0 Å². The van der Waals surface area contributed by atoms with Crippen molar-refractivity contribution >= 4 is 54.5 Å². The van der Waals surface area contributed by atoms with E-state index in [2.05, 4.69) is 121 Å². The third kappa shape index (κ3) is 3.83. The Bertz CT molecular complexity index is 2520. The van der Waals surface area contributed by atoms with Crippen molar-refractivity contribution in [2.75, 3.05) is 0 Å². The van der Waals surface area contributed by atoms with Crippen LogP contribution in [0.5, 0.6) is 0 Å². The second kappa shape index (κ2) is 9.37. The zero-order valence-corrected chi connectivity index (χ0v) is 23.2. The molecule has 2 heterocycles. The van der Waals surface area contributed by atoms with E-state index in [-0.39, 0.29) is 0 Å². The molecule has 0 aliphatic rings. The average molecular weight is 549 g/mol. The first-order valence-corrected chi connectivity index (χ1v) is 14.5. The Balaban J connectivity index is 1.14. The highest BCUT2D eigenvalue weighted by molar-refractivity contribution is 6.17. The molecule has 3 heteroatoms. The summed E-state index contributed by atoms with van der Waals surface area (Å²) in [5.74, 6) is 0. The topological polar surface area (TPSA) is 38.9 Å². The van der Waals surface area contributed by atoms with Gasteiger partial charge < -0.3 is 4.42 Å². The maximum atomic E-state index is 6.19. The van der Waals surface area contributed by atoms with E-state index in [0.29, 0.717) is 5.71 Å². The Labute approximate surface area is 247 Å². The maximum Gasteiger partial charge on any atom is 0.246 e. The van der Waals surface area contributed by atoms with Gasteiger partial charge in [0.2, 0.25) is 5.71 Å². The number of furan rings is 1. The summed E-state index contributed by atoms with van der Waals surface area (Å²) < 4.78 is 6.19. The second-order valence-corrected chi connectivity index (χ2v) is 11.0. The van der Waals surface area contributed by atoms with Crippen LogP contribution in [0.15, 0.2) is 150 Å². The number of nitrogens with zero attached hydrogens (tertiary/aromatic N) is 2. The molecule has 3 nitrogen and oxygen atoms in total. The van der Waals surface area contributed by atoms with E-state index >= 15 is 0 Å². The molecule has 0 saturated heterocycles. The summed E-state index contributed by atoms with van der Waals surface area (Å²) in [7, 11) is 0. The lowest BCUT2D eigenvalue weighted by molar-refractivity contribution is 0.654. The van der Waals surface area contributed by atoms with Crippen LogP contribution in [-0.2, 0) is 0 Å². The van der Waals surface area contributed by atoms with Crippen LogP contribution in [-0.4, -0.2) is 9.97 Å². The number of fused-ring (bicyclic) bond motifs is 8. The van der Waals surface area contributed by atoms with Crippen LogP contribution in [0.1, 0.15) is 0 Å². The van der Waals surface area contributed by atoms with Crippen LogP contribution < -0.4 is 0 Å². The Morgan fingerprint density at radius 1 is 0.465 bits per heavy atom. The predicted octanol–water partition coefficient (Wildman–Crippen LogP) is 10.8. The summed E-state index contributed by atoms with van der Waals surface area (Å²) in [6, 6.07) is 49.3. The number of rotatable bonds is 3. The molecule has 9 aromatic rings. The summed E-state index contributed by atoms with van der Waals surface area (Å²) in [6.07, 6.45) is 1.86. The van der Waals surface area contributed by atoms with E-state index in [1.165, 1.54) is 32.7 Å². The smallest absolute Gasteiger partial charge is 0.246 e. The Hall–Kier alpha value is -5.80. The summed E-state index contributed by atoms with van der Waals surface area (Å²) >= 11 is 0. The predicted molar refractivity (Wildman–Crippen MR) is 178 cm³/mol. The van der Waals surface area contributed by atoms with Gasteiger partial charge in [-0.3, -0.25) is 0 Å². The highest BCUT2D eigenvalue weighted by Crippen LogP contribution is 2.37. The first-order chi connectivity index (χ1) is 21.3. The fourth-order valence-electron chi connectivity index (χ4n) is 6.46. The first kappa shape index (κ1) is 23.9. The molecular weight excluding hydrogens is 524 g/mol. The number of benzene rings is 7. The van der Waals surface area contributed by atoms with Crippen molar-refractivity contribution in [3.05, 3.63) is 146 Å². The molecule has 0 bridgehead atoms. The lowest BCUT2D eigenvalue weighted by atomic mass is 9.91. The van der Waals surface area contributed by atoms with Crippen LogP contribution in [0.25, 0.3) is 88.0 Å². The van der Waals surface area contributed by atoms with Crippen LogP contribution >= 0.6 is 0 Å². The molecule has 0 spiro atoms. The van der Waals surface area contributed by atoms with Gasteiger partial charge in [-0.2, -0.15) is 0 Å². The molecule has 0 unspecified atom stereocenters. The highest BCUT2D eigenvalue weighted by Gasteiger charge is 2.15. The second-order valence-electron chi connectivity index (χ2n) is 11.0. The first-order valence-electron chi connectivity index (χ1n) is 14.5. The molecule has 9 rings (SSSR count). The monoisotopic (exact) mass is 548 g/mol. The standard InChI is InChI=1S/C40H24N2O/c1-4-16-32-25(9-1)19-20-37-38(32)39-40(43-37)42-36(24-41-39)30-14-8-12-27(22-30)26-11-7-13-28(21-26)35-23-29-10-2-3-15-31(29)33-17-5-6-18-34(33)35/h1-24H. The van der Waals surface area contributed by atoms with Crippen LogP contribution in [0.3, 0.4) is 0 Å². The number of hydrogen-bond donors (Lipinski definition) is 0. The fraction of sp³-hybridized carbons (Fsp3) is 0. The van der Waals surface area contributed by atoms with Gasteiger partial charge in [-0.05, 0) is 78.8 Å². The van der Waals surface area contributed by atoms with Gasteiger partial charge in [0.1, 0.15) is 11.1 Å². The third-order valence-corrected chi connectivity index (χ3v) is 8.51. The molecular formula is C40H24N2O. The zero-order chi connectivity index (χ0) is 28.3. The molecule has 0 amide bonds. The van der Waals surface area contributed by atoms with Gasteiger partial charge in [0, 0.05) is 5.56 Å². The highest BCUT2D eigenvalue weighted by atomic mass is 16.3. The van der Waals surface area contributed by atoms with E-state index in [0.717, 1.165) is 49.6 Å².